The molecule has 0 fully saturated rings. The van der Waals surface area contributed by atoms with Crippen LogP contribution in [0.2, 0.25) is 0 Å². The molecule has 2 amide bonds. The summed E-state index contributed by atoms with van der Waals surface area (Å²) in [4.78, 5) is 21.9. The first kappa shape index (κ1) is 14.8. The van der Waals surface area contributed by atoms with Crippen LogP contribution < -0.4 is 10.6 Å². The summed E-state index contributed by atoms with van der Waals surface area (Å²) in [5.41, 5.74) is 1.42. The number of benzene rings is 1. The fourth-order valence-corrected chi connectivity index (χ4v) is 1.34. The Labute approximate surface area is 112 Å². The van der Waals surface area contributed by atoms with Crippen molar-refractivity contribution in [2.75, 3.05) is 5.32 Å². The van der Waals surface area contributed by atoms with Crippen LogP contribution in [0.25, 0.3) is 6.08 Å². The van der Waals surface area contributed by atoms with Crippen molar-refractivity contribution in [2.24, 2.45) is 0 Å². The SMILES string of the molecule is CCC(C)NC(=O)Nc1ccc(C=CC(=O)O)cc1. The van der Waals surface area contributed by atoms with Gasteiger partial charge in [0.2, 0.25) is 0 Å². The highest BCUT2D eigenvalue weighted by atomic mass is 16.4. The van der Waals surface area contributed by atoms with Crippen molar-refractivity contribution < 1.29 is 14.7 Å². The van der Waals surface area contributed by atoms with Crippen molar-refractivity contribution in [3.05, 3.63) is 35.9 Å². The van der Waals surface area contributed by atoms with Crippen molar-refractivity contribution in [3.63, 3.8) is 0 Å². The second kappa shape index (κ2) is 7.20. The van der Waals surface area contributed by atoms with E-state index in [0.29, 0.717) is 5.69 Å². The van der Waals surface area contributed by atoms with Crippen LogP contribution in [0.4, 0.5) is 10.5 Å². The molecule has 0 bridgehead atoms. The van der Waals surface area contributed by atoms with Gasteiger partial charge in [-0.1, -0.05) is 19.1 Å². The van der Waals surface area contributed by atoms with E-state index in [4.69, 9.17) is 5.11 Å². The zero-order valence-corrected chi connectivity index (χ0v) is 11.0. The van der Waals surface area contributed by atoms with Gasteiger partial charge >= 0.3 is 12.0 Å². The minimum atomic E-state index is -0.991. The van der Waals surface area contributed by atoms with Crippen molar-refractivity contribution in [1.29, 1.82) is 0 Å². The monoisotopic (exact) mass is 262 g/mol. The summed E-state index contributed by atoms with van der Waals surface area (Å²) in [6.07, 6.45) is 3.43. The number of hydrogen-bond acceptors (Lipinski definition) is 2. The number of carboxylic acid groups (broad SMARTS) is 1. The van der Waals surface area contributed by atoms with E-state index in [-0.39, 0.29) is 12.1 Å². The van der Waals surface area contributed by atoms with Gasteiger partial charge in [0.05, 0.1) is 0 Å². The third-order valence-corrected chi connectivity index (χ3v) is 2.58. The summed E-state index contributed by atoms with van der Waals surface area (Å²) in [5.74, 6) is -0.991. The molecule has 0 aromatic heterocycles. The summed E-state index contributed by atoms with van der Waals surface area (Å²) < 4.78 is 0. The van der Waals surface area contributed by atoms with Crippen molar-refractivity contribution in [2.45, 2.75) is 26.3 Å². The van der Waals surface area contributed by atoms with Crippen LogP contribution in [0.3, 0.4) is 0 Å². The highest BCUT2D eigenvalue weighted by Crippen LogP contribution is 2.10. The molecule has 19 heavy (non-hydrogen) atoms. The van der Waals surface area contributed by atoms with Crippen LogP contribution in [0, 0.1) is 0 Å². The third kappa shape index (κ3) is 5.72. The predicted octanol–water partition coefficient (Wildman–Crippen LogP) is 2.70. The second-order valence-corrected chi connectivity index (χ2v) is 4.20. The van der Waals surface area contributed by atoms with E-state index in [1.165, 1.54) is 6.08 Å². The Morgan fingerprint density at radius 1 is 1.32 bits per heavy atom. The smallest absolute Gasteiger partial charge is 0.328 e. The molecule has 1 unspecified atom stereocenters. The maximum Gasteiger partial charge on any atom is 0.328 e. The van der Waals surface area contributed by atoms with Gasteiger partial charge in [-0.2, -0.15) is 0 Å². The van der Waals surface area contributed by atoms with Gasteiger partial charge in [-0.25, -0.2) is 9.59 Å². The molecule has 0 saturated carbocycles. The summed E-state index contributed by atoms with van der Waals surface area (Å²) in [5, 5.41) is 14.0. The number of anilines is 1. The molecule has 5 nitrogen and oxygen atoms in total. The number of urea groups is 1. The fourth-order valence-electron chi connectivity index (χ4n) is 1.34. The molecule has 1 rings (SSSR count). The molecule has 5 heteroatoms. The zero-order chi connectivity index (χ0) is 14.3. The normalized spacial score (nSPS) is 12.1. The predicted molar refractivity (Wildman–Crippen MR) is 75.0 cm³/mol. The number of amides is 2. The molecular formula is C14H18N2O3. The van der Waals surface area contributed by atoms with Crippen molar-refractivity contribution in [3.8, 4) is 0 Å². The average molecular weight is 262 g/mol. The number of carbonyl (C=O) groups is 2. The highest BCUT2D eigenvalue weighted by molar-refractivity contribution is 5.89. The molecule has 1 aromatic carbocycles. The Bertz CT molecular complexity index is 466. The molecule has 0 aliphatic heterocycles. The average Bonchev–Trinajstić information content (AvgIpc) is 2.37. The lowest BCUT2D eigenvalue weighted by atomic mass is 10.2. The Balaban J connectivity index is 2.57. The van der Waals surface area contributed by atoms with E-state index in [1.807, 2.05) is 13.8 Å². The van der Waals surface area contributed by atoms with Crippen LogP contribution >= 0.6 is 0 Å². The summed E-state index contributed by atoms with van der Waals surface area (Å²) in [7, 11) is 0. The van der Waals surface area contributed by atoms with Gasteiger partial charge in [0.25, 0.3) is 0 Å². The summed E-state index contributed by atoms with van der Waals surface area (Å²) in [6.45, 7) is 3.92. The van der Waals surface area contributed by atoms with Gasteiger partial charge in [-0.3, -0.25) is 0 Å². The molecule has 1 aromatic rings. The van der Waals surface area contributed by atoms with Crippen molar-refractivity contribution in [1.82, 2.24) is 5.32 Å². The summed E-state index contributed by atoms with van der Waals surface area (Å²) >= 11 is 0. The standard InChI is InChI=1S/C14H18N2O3/c1-3-10(2)15-14(19)16-12-7-4-11(5-8-12)6-9-13(17)18/h4-10H,3H2,1-2H3,(H,17,18)(H2,15,16,19). The molecule has 0 aliphatic carbocycles. The summed E-state index contributed by atoms with van der Waals surface area (Å²) in [6, 6.07) is 6.78. The minimum Gasteiger partial charge on any atom is -0.478 e. The first-order valence-electron chi connectivity index (χ1n) is 6.10. The van der Waals surface area contributed by atoms with Gasteiger partial charge in [-0.05, 0) is 37.1 Å². The maximum absolute atomic E-state index is 11.6. The van der Waals surface area contributed by atoms with Crippen LogP contribution in [-0.4, -0.2) is 23.1 Å². The van der Waals surface area contributed by atoms with Crippen LogP contribution in [0.1, 0.15) is 25.8 Å². The van der Waals surface area contributed by atoms with E-state index in [9.17, 15) is 9.59 Å². The lowest BCUT2D eigenvalue weighted by Crippen LogP contribution is -2.35. The molecule has 0 aliphatic rings. The molecule has 3 N–H and O–H groups in total. The van der Waals surface area contributed by atoms with Crippen LogP contribution in [0.15, 0.2) is 30.3 Å². The van der Waals surface area contributed by atoms with E-state index in [1.54, 1.807) is 24.3 Å². The maximum atomic E-state index is 11.6. The first-order valence-corrected chi connectivity index (χ1v) is 6.10. The Kier molecular flexibility index (Phi) is 5.60. The van der Waals surface area contributed by atoms with Gasteiger partial charge in [0.1, 0.15) is 0 Å². The number of rotatable bonds is 5. The van der Waals surface area contributed by atoms with E-state index in [0.717, 1.165) is 18.1 Å². The van der Waals surface area contributed by atoms with Crippen LogP contribution in [0.5, 0.6) is 0 Å². The lowest BCUT2D eigenvalue weighted by Gasteiger charge is -2.12. The highest BCUT2D eigenvalue weighted by Gasteiger charge is 2.04. The number of carbonyl (C=O) groups excluding carboxylic acids is 1. The van der Waals surface area contributed by atoms with Gasteiger partial charge in [0, 0.05) is 17.8 Å². The molecule has 102 valence electrons. The number of hydrogen-bond donors (Lipinski definition) is 3. The van der Waals surface area contributed by atoms with E-state index >= 15 is 0 Å². The molecular weight excluding hydrogens is 244 g/mol. The third-order valence-electron chi connectivity index (χ3n) is 2.58. The van der Waals surface area contributed by atoms with Crippen molar-refractivity contribution >= 4 is 23.8 Å². The van der Waals surface area contributed by atoms with E-state index < -0.39 is 5.97 Å². The first-order chi connectivity index (χ1) is 9.01. The number of carboxylic acids is 1. The fraction of sp³-hybridized carbons (Fsp3) is 0.286. The van der Waals surface area contributed by atoms with Gasteiger partial charge < -0.3 is 15.7 Å². The Morgan fingerprint density at radius 2 is 1.95 bits per heavy atom. The number of aliphatic carboxylic acids is 1. The Morgan fingerprint density at radius 3 is 2.47 bits per heavy atom. The van der Waals surface area contributed by atoms with E-state index in [2.05, 4.69) is 10.6 Å². The van der Waals surface area contributed by atoms with Gasteiger partial charge in [-0.15, -0.1) is 0 Å². The molecule has 0 saturated heterocycles. The zero-order valence-electron chi connectivity index (χ0n) is 11.0. The molecule has 0 radical (unpaired) electrons. The Hall–Kier alpha value is -2.30. The second-order valence-electron chi connectivity index (χ2n) is 4.20. The molecule has 0 spiro atoms. The number of nitrogens with one attached hydrogen (secondary N) is 2. The lowest BCUT2D eigenvalue weighted by molar-refractivity contribution is -0.131. The van der Waals surface area contributed by atoms with Gasteiger partial charge in [0.15, 0.2) is 0 Å². The minimum absolute atomic E-state index is 0.123. The molecule has 0 heterocycles. The molecule has 1 atom stereocenters. The quantitative estimate of drug-likeness (QED) is 0.714. The topological polar surface area (TPSA) is 78.4 Å². The largest absolute Gasteiger partial charge is 0.478 e. The van der Waals surface area contributed by atoms with Crippen LogP contribution in [-0.2, 0) is 4.79 Å².